The summed E-state index contributed by atoms with van der Waals surface area (Å²) in [7, 11) is 1.67. The van der Waals surface area contributed by atoms with Crippen LogP contribution >= 0.6 is 0 Å². The Kier molecular flexibility index (Phi) is 6.28. The molecule has 0 aliphatic carbocycles. The summed E-state index contributed by atoms with van der Waals surface area (Å²) in [5, 5.41) is 3.02. The fourth-order valence-electron chi connectivity index (χ4n) is 5.02. The molecule has 2 fully saturated rings. The number of urea groups is 1. The SMILES string of the molecule is CC[C@@]1(c2ccccc2)NC(=O)N(C[NH+]2CCCCC[C@@H]2c2ccc(OC)cc2)C1=O. The van der Waals surface area contributed by atoms with Gasteiger partial charge in [0.1, 0.15) is 17.3 Å². The van der Waals surface area contributed by atoms with Crippen molar-refractivity contribution in [2.45, 2.75) is 50.6 Å². The number of benzene rings is 2. The quantitative estimate of drug-likeness (QED) is 0.704. The minimum Gasteiger partial charge on any atom is -0.497 e. The zero-order valence-corrected chi connectivity index (χ0v) is 18.4. The molecule has 164 valence electrons. The van der Waals surface area contributed by atoms with Crippen molar-refractivity contribution < 1.29 is 19.2 Å². The van der Waals surface area contributed by atoms with Crippen molar-refractivity contribution in [1.29, 1.82) is 0 Å². The molecule has 3 amide bonds. The van der Waals surface area contributed by atoms with Crippen LogP contribution in [-0.4, -0.2) is 37.2 Å². The van der Waals surface area contributed by atoms with Crippen LogP contribution in [0.25, 0.3) is 0 Å². The summed E-state index contributed by atoms with van der Waals surface area (Å²) in [6.45, 7) is 3.28. The van der Waals surface area contributed by atoms with E-state index in [1.54, 1.807) is 7.11 Å². The van der Waals surface area contributed by atoms with Crippen LogP contribution < -0.4 is 15.0 Å². The van der Waals surface area contributed by atoms with E-state index < -0.39 is 5.54 Å². The molecule has 2 aromatic carbocycles. The highest BCUT2D eigenvalue weighted by Gasteiger charge is 2.52. The molecule has 0 radical (unpaired) electrons. The molecule has 0 spiro atoms. The number of carbonyl (C=O) groups excluding carboxylic acids is 2. The van der Waals surface area contributed by atoms with Gasteiger partial charge in [-0.05, 0) is 55.5 Å². The van der Waals surface area contributed by atoms with Gasteiger partial charge in [0.2, 0.25) is 0 Å². The van der Waals surface area contributed by atoms with Crippen LogP contribution in [0.3, 0.4) is 0 Å². The number of methoxy groups -OCH3 is 1. The van der Waals surface area contributed by atoms with Crippen molar-refractivity contribution in [3.63, 3.8) is 0 Å². The Balaban J connectivity index is 1.59. The van der Waals surface area contributed by atoms with Crippen LogP contribution in [0.4, 0.5) is 4.79 Å². The van der Waals surface area contributed by atoms with Gasteiger partial charge in [0.15, 0.2) is 6.67 Å². The topological polar surface area (TPSA) is 63.1 Å². The number of hydrogen-bond acceptors (Lipinski definition) is 3. The number of likely N-dealkylation sites (tertiary alicyclic amines) is 1. The van der Waals surface area contributed by atoms with Crippen molar-refractivity contribution in [2.24, 2.45) is 0 Å². The summed E-state index contributed by atoms with van der Waals surface area (Å²) in [4.78, 5) is 29.3. The maximum Gasteiger partial charge on any atom is 0.329 e. The highest BCUT2D eigenvalue weighted by Crippen LogP contribution is 2.32. The van der Waals surface area contributed by atoms with Crippen molar-refractivity contribution in [1.82, 2.24) is 10.2 Å². The molecule has 1 unspecified atom stereocenters. The number of carbonyl (C=O) groups is 2. The molecule has 4 rings (SSSR count). The second kappa shape index (κ2) is 9.10. The fourth-order valence-corrected chi connectivity index (χ4v) is 5.02. The first-order valence-corrected chi connectivity index (χ1v) is 11.3. The van der Waals surface area contributed by atoms with E-state index in [2.05, 4.69) is 17.4 Å². The van der Waals surface area contributed by atoms with Gasteiger partial charge in [0.05, 0.1) is 13.7 Å². The van der Waals surface area contributed by atoms with Gasteiger partial charge < -0.3 is 15.0 Å². The minimum atomic E-state index is -0.973. The third kappa shape index (κ3) is 4.04. The summed E-state index contributed by atoms with van der Waals surface area (Å²) >= 11 is 0. The van der Waals surface area contributed by atoms with Gasteiger partial charge in [0.25, 0.3) is 5.91 Å². The summed E-state index contributed by atoms with van der Waals surface area (Å²) < 4.78 is 5.31. The molecule has 2 aromatic rings. The standard InChI is InChI=1S/C25H31N3O3/c1-3-25(20-10-6-4-7-11-20)23(29)28(24(30)26-25)18-27-17-9-5-8-12-22(27)19-13-15-21(31-2)16-14-19/h4,6-7,10-11,13-16,22H,3,5,8-9,12,17-18H2,1-2H3,(H,26,30)/p+1/t22-,25+/m1/s1. The van der Waals surface area contributed by atoms with E-state index >= 15 is 0 Å². The number of imide groups is 1. The zero-order chi connectivity index (χ0) is 21.8. The van der Waals surface area contributed by atoms with Crippen molar-refractivity contribution >= 4 is 11.9 Å². The van der Waals surface area contributed by atoms with Gasteiger partial charge >= 0.3 is 6.03 Å². The van der Waals surface area contributed by atoms with E-state index in [0.717, 1.165) is 37.1 Å². The van der Waals surface area contributed by atoms with Gasteiger partial charge in [-0.15, -0.1) is 0 Å². The average molecular weight is 423 g/mol. The van der Waals surface area contributed by atoms with Gasteiger partial charge in [-0.3, -0.25) is 4.79 Å². The summed E-state index contributed by atoms with van der Waals surface area (Å²) in [6.07, 6.45) is 5.00. The molecule has 6 heteroatoms. The molecule has 0 bridgehead atoms. The Labute approximate surface area is 184 Å². The van der Waals surface area contributed by atoms with Crippen molar-refractivity contribution in [2.75, 3.05) is 20.3 Å². The van der Waals surface area contributed by atoms with Gasteiger partial charge in [-0.1, -0.05) is 37.3 Å². The number of amides is 3. The number of hydrogen-bond donors (Lipinski definition) is 2. The maximum absolute atomic E-state index is 13.6. The van der Waals surface area contributed by atoms with E-state index in [-0.39, 0.29) is 18.0 Å². The third-order valence-electron chi connectivity index (χ3n) is 6.84. The first-order valence-electron chi connectivity index (χ1n) is 11.3. The molecule has 2 saturated heterocycles. The van der Waals surface area contributed by atoms with E-state index in [4.69, 9.17) is 4.74 Å². The van der Waals surface area contributed by atoms with Gasteiger partial charge in [0, 0.05) is 12.0 Å². The molecule has 2 heterocycles. The summed E-state index contributed by atoms with van der Waals surface area (Å²) in [5.74, 6) is 0.694. The number of quaternary nitrogens is 1. The lowest BCUT2D eigenvalue weighted by molar-refractivity contribution is -0.938. The lowest BCUT2D eigenvalue weighted by atomic mass is 9.87. The van der Waals surface area contributed by atoms with Crippen LogP contribution in [0.1, 0.15) is 56.2 Å². The maximum atomic E-state index is 13.6. The molecular formula is C25H32N3O3+. The number of nitrogens with zero attached hydrogens (tertiary/aromatic N) is 1. The molecule has 6 nitrogen and oxygen atoms in total. The predicted molar refractivity (Wildman–Crippen MR) is 119 cm³/mol. The first kappa shape index (κ1) is 21.4. The van der Waals surface area contributed by atoms with Crippen LogP contribution in [0.2, 0.25) is 0 Å². The average Bonchev–Trinajstić information content (AvgIpc) is 2.95. The minimum absolute atomic E-state index is 0.142. The fraction of sp³-hybridized carbons (Fsp3) is 0.440. The van der Waals surface area contributed by atoms with Crippen molar-refractivity contribution in [3.8, 4) is 5.75 Å². The van der Waals surface area contributed by atoms with E-state index in [1.807, 2.05) is 49.4 Å². The highest BCUT2D eigenvalue weighted by atomic mass is 16.5. The third-order valence-corrected chi connectivity index (χ3v) is 6.84. The molecule has 3 atom stereocenters. The van der Waals surface area contributed by atoms with E-state index in [0.29, 0.717) is 13.1 Å². The molecule has 2 aliphatic rings. The summed E-state index contributed by atoms with van der Waals surface area (Å²) in [5.41, 5.74) is 1.10. The molecular weight excluding hydrogens is 390 g/mol. The largest absolute Gasteiger partial charge is 0.497 e. The normalized spacial score (nSPS) is 26.5. The Morgan fingerprint density at radius 2 is 1.81 bits per heavy atom. The Morgan fingerprint density at radius 3 is 2.48 bits per heavy atom. The lowest BCUT2D eigenvalue weighted by Crippen LogP contribution is -3.13. The number of rotatable bonds is 6. The predicted octanol–water partition coefficient (Wildman–Crippen LogP) is 3.01. The Bertz CT molecular complexity index is 915. The van der Waals surface area contributed by atoms with E-state index in [1.165, 1.54) is 21.8 Å². The first-order chi connectivity index (χ1) is 15.1. The molecule has 2 aliphatic heterocycles. The monoisotopic (exact) mass is 422 g/mol. The Morgan fingerprint density at radius 1 is 1.06 bits per heavy atom. The second-order valence-corrected chi connectivity index (χ2v) is 8.53. The molecule has 31 heavy (non-hydrogen) atoms. The van der Waals surface area contributed by atoms with Crippen LogP contribution in [0.15, 0.2) is 54.6 Å². The number of ether oxygens (including phenoxy) is 1. The molecule has 0 saturated carbocycles. The highest BCUT2D eigenvalue weighted by molar-refractivity contribution is 6.07. The van der Waals surface area contributed by atoms with Crippen LogP contribution in [0, 0.1) is 0 Å². The lowest BCUT2D eigenvalue weighted by Gasteiger charge is -2.30. The van der Waals surface area contributed by atoms with E-state index in [9.17, 15) is 9.59 Å². The smallest absolute Gasteiger partial charge is 0.329 e. The van der Waals surface area contributed by atoms with Gasteiger partial charge in [-0.25, -0.2) is 9.69 Å². The summed E-state index contributed by atoms with van der Waals surface area (Å²) in [6, 6.07) is 17.8. The molecule has 0 aromatic heterocycles. The van der Waals surface area contributed by atoms with Gasteiger partial charge in [-0.2, -0.15) is 0 Å². The second-order valence-electron chi connectivity index (χ2n) is 8.53. The van der Waals surface area contributed by atoms with Crippen LogP contribution in [-0.2, 0) is 10.3 Å². The van der Waals surface area contributed by atoms with Crippen molar-refractivity contribution in [3.05, 3.63) is 65.7 Å². The van der Waals surface area contributed by atoms with Crippen LogP contribution in [0.5, 0.6) is 5.75 Å². The zero-order valence-electron chi connectivity index (χ0n) is 18.4. The Hall–Kier alpha value is -2.86. The number of nitrogens with one attached hydrogen (secondary N) is 2. The molecule has 2 N–H and O–H groups in total.